The molecule has 0 spiro atoms. The molecular weight excluding hydrogens is 284 g/mol. The molecule has 0 unspecified atom stereocenters. The SMILES string of the molecule is Cc1cnc2c(c1)nc(CCCl)n2-c1ccccc1C#N. The first-order chi connectivity index (χ1) is 10.2. The summed E-state index contributed by atoms with van der Waals surface area (Å²) in [6.07, 6.45) is 2.43. The van der Waals surface area contributed by atoms with Crippen LogP contribution in [0.2, 0.25) is 0 Å². The number of aromatic nitrogens is 3. The number of hydrogen-bond donors (Lipinski definition) is 0. The third kappa shape index (κ3) is 2.37. The maximum absolute atomic E-state index is 9.32. The molecule has 0 saturated carbocycles. The minimum absolute atomic E-state index is 0.469. The van der Waals surface area contributed by atoms with Crippen LogP contribution in [0.15, 0.2) is 36.5 Å². The van der Waals surface area contributed by atoms with Gasteiger partial charge in [-0.2, -0.15) is 5.26 Å². The molecule has 4 nitrogen and oxygen atoms in total. The highest BCUT2D eigenvalue weighted by Crippen LogP contribution is 2.23. The number of pyridine rings is 1. The lowest BCUT2D eigenvalue weighted by atomic mass is 10.2. The molecule has 0 N–H and O–H groups in total. The van der Waals surface area contributed by atoms with Gasteiger partial charge in [0, 0.05) is 18.5 Å². The van der Waals surface area contributed by atoms with E-state index in [1.54, 1.807) is 12.3 Å². The first kappa shape index (κ1) is 13.6. The van der Waals surface area contributed by atoms with Crippen molar-refractivity contribution in [2.24, 2.45) is 0 Å². The fourth-order valence-corrected chi connectivity index (χ4v) is 2.55. The maximum atomic E-state index is 9.32. The molecule has 0 saturated heterocycles. The number of halogens is 1. The van der Waals surface area contributed by atoms with E-state index in [2.05, 4.69) is 16.0 Å². The highest BCUT2D eigenvalue weighted by atomic mass is 35.5. The second kappa shape index (κ2) is 5.55. The number of benzene rings is 1. The molecule has 2 heterocycles. The molecule has 3 rings (SSSR count). The lowest BCUT2D eigenvalue weighted by molar-refractivity contribution is 0.903. The molecule has 104 valence electrons. The Labute approximate surface area is 127 Å². The Kier molecular flexibility index (Phi) is 3.59. The van der Waals surface area contributed by atoms with Crippen LogP contribution in [0.25, 0.3) is 16.9 Å². The van der Waals surface area contributed by atoms with Crippen LogP contribution in [-0.4, -0.2) is 20.4 Å². The number of nitriles is 1. The fraction of sp³-hybridized carbons (Fsp3) is 0.188. The summed E-state index contributed by atoms with van der Waals surface area (Å²) < 4.78 is 1.93. The molecule has 0 aliphatic rings. The lowest BCUT2D eigenvalue weighted by Crippen LogP contribution is -2.04. The average Bonchev–Trinajstić information content (AvgIpc) is 2.84. The minimum Gasteiger partial charge on any atom is -0.279 e. The number of imidazole rings is 1. The molecule has 2 aromatic heterocycles. The van der Waals surface area contributed by atoms with Crippen molar-refractivity contribution in [1.29, 1.82) is 5.26 Å². The molecule has 1 aromatic carbocycles. The van der Waals surface area contributed by atoms with Gasteiger partial charge < -0.3 is 0 Å². The topological polar surface area (TPSA) is 54.5 Å². The van der Waals surface area contributed by atoms with Crippen LogP contribution < -0.4 is 0 Å². The Hall–Kier alpha value is -2.38. The zero-order chi connectivity index (χ0) is 14.8. The van der Waals surface area contributed by atoms with Crippen molar-refractivity contribution >= 4 is 22.8 Å². The van der Waals surface area contributed by atoms with Gasteiger partial charge in [0.15, 0.2) is 5.65 Å². The van der Waals surface area contributed by atoms with E-state index in [0.29, 0.717) is 17.9 Å². The van der Waals surface area contributed by atoms with Crippen LogP contribution in [0.5, 0.6) is 0 Å². The van der Waals surface area contributed by atoms with Crippen LogP contribution >= 0.6 is 11.6 Å². The number of rotatable bonds is 3. The zero-order valence-corrected chi connectivity index (χ0v) is 12.3. The van der Waals surface area contributed by atoms with Gasteiger partial charge in [0.1, 0.15) is 17.4 Å². The summed E-state index contributed by atoms with van der Waals surface area (Å²) in [5.74, 6) is 1.29. The van der Waals surface area contributed by atoms with Gasteiger partial charge in [-0.05, 0) is 30.7 Å². The van der Waals surface area contributed by atoms with Crippen LogP contribution in [-0.2, 0) is 6.42 Å². The van der Waals surface area contributed by atoms with E-state index in [9.17, 15) is 5.26 Å². The molecular formula is C16H13ClN4. The van der Waals surface area contributed by atoms with Gasteiger partial charge in [0.2, 0.25) is 0 Å². The van der Waals surface area contributed by atoms with Crippen molar-refractivity contribution in [2.45, 2.75) is 13.3 Å². The van der Waals surface area contributed by atoms with Gasteiger partial charge in [-0.15, -0.1) is 11.6 Å². The Bertz CT molecular complexity index is 845. The van der Waals surface area contributed by atoms with E-state index >= 15 is 0 Å². The summed E-state index contributed by atoms with van der Waals surface area (Å²) in [5.41, 5.74) is 4.01. The van der Waals surface area contributed by atoms with Crippen molar-refractivity contribution in [2.75, 3.05) is 5.88 Å². The lowest BCUT2D eigenvalue weighted by Gasteiger charge is -2.09. The monoisotopic (exact) mass is 296 g/mol. The number of hydrogen-bond acceptors (Lipinski definition) is 3. The van der Waals surface area contributed by atoms with E-state index < -0.39 is 0 Å². The first-order valence-electron chi connectivity index (χ1n) is 6.64. The maximum Gasteiger partial charge on any atom is 0.164 e. The van der Waals surface area contributed by atoms with Crippen LogP contribution in [0.3, 0.4) is 0 Å². The predicted molar refractivity (Wildman–Crippen MR) is 82.7 cm³/mol. The van der Waals surface area contributed by atoms with Crippen molar-refractivity contribution in [1.82, 2.24) is 14.5 Å². The van der Waals surface area contributed by atoms with E-state index in [1.165, 1.54) is 0 Å². The van der Waals surface area contributed by atoms with Crippen LogP contribution in [0.1, 0.15) is 17.0 Å². The molecule has 3 aromatic rings. The summed E-state index contributed by atoms with van der Waals surface area (Å²) in [4.78, 5) is 9.10. The number of aryl methyl sites for hydroxylation is 2. The van der Waals surface area contributed by atoms with Gasteiger partial charge in [0.25, 0.3) is 0 Å². The largest absolute Gasteiger partial charge is 0.279 e. The summed E-state index contributed by atoms with van der Waals surface area (Å²) in [6, 6.07) is 11.7. The quantitative estimate of drug-likeness (QED) is 0.696. The Morgan fingerprint density at radius 2 is 2.14 bits per heavy atom. The molecule has 0 radical (unpaired) electrons. The van der Waals surface area contributed by atoms with E-state index in [1.807, 2.05) is 35.8 Å². The van der Waals surface area contributed by atoms with Gasteiger partial charge >= 0.3 is 0 Å². The van der Waals surface area contributed by atoms with Gasteiger partial charge in [-0.3, -0.25) is 4.57 Å². The van der Waals surface area contributed by atoms with Gasteiger partial charge in [-0.25, -0.2) is 9.97 Å². The minimum atomic E-state index is 0.469. The Balaban J connectivity index is 2.34. The zero-order valence-electron chi connectivity index (χ0n) is 11.5. The molecule has 0 aliphatic heterocycles. The number of fused-ring (bicyclic) bond motifs is 1. The standard InChI is InChI=1S/C16H13ClN4/c1-11-8-13-16(19-10-11)21(15(20-13)6-7-17)14-5-3-2-4-12(14)9-18/h2-5,8,10H,6-7H2,1H3. The molecule has 21 heavy (non-hydrogen) atoms. The summed E-state index contributed by atoms with van der Waals surface area (Å²) >= 11 is 5.89. The number of para-hydroxylation sites is 1. The second-order valence-corrected chi connectivity index (χ2v) is 5.16. The summed E-state index contributed by atoms with van der Waals surface area (Å²) in [7, 11) is 0. The Morgan fingerprint density at radius 3 is 2.90 bits per heavy atom. The van der Waals surface area contributed by atoms with Crippen LogP contribution in [0, 0.1) is 18.3 Å². The second-order valence-electron chi connectivity index (χ2n) is 4.79. The molecule has 0 aliphatic carbocycles. The third-order valence-electron chi connectivity index (χ3n) is 3.29. The van der Waals surface area contributed by atoms with Gasteiger partial charge in [-0.1, -0.05) is 12.1 Å². The molecule has 0 atom stereocenters. The van der Waals surface area contributed by atoms with Crippen molar-refractivity contribution in [3.8, 4) is 11.8 Å². The predicted octanol–water partition coefficient (Wildman–Crippen LogP) is 3.38. The average molecular weight is 297 g/mol. The molecule has 0 bridgehead atoms. The smallest absolute Gasteiger partial charge is 0.164 e. The molecule has 0 amide bonds. The van der Waals surface area contributed by atoms with E-state index in [0.717, 1.165) is 28.2 Å². The fourth-order valence-electron chi connectivity index (χ4n) is 2.38. The summed E-state index contributed by atoms with van der Waals surface area (Å²) in [5, 5.41) is 9.32. The van der Waals surface area contributed by atoms with Crippen molar-refractivity contribution in [3.05, 3.63) is 53.5 Å². The first-order valence-corrected chi connectivity index (χ1v) is 7.17. The van der Waals surface area contributed by atoms with Crippen molar-refractivity contribution in [3.63, 3.8) is 0 Å². The third-order valence-corrected chi connectivity index (χ3v) is 3.48. The highest BCUT2D eigenvalue weighted by Gasteiger charge is 2.15. The normalized spacial score (nSPS) is 10.7. The summed E-state index contributed by atoms with van der Waals surface area (Å²) in [6.45, 7) is 1.98. The van der Waals surface area contributed by atoms with E-state index in [4.69, 9.17) is 11.6 Å². The van der Waals surface area contributed by atoms with Crippen LogP contribution in [0.4, 0.5) is 0 Å². The molecule has 5 heteroatoms. The van der Waals surface area contributed by atoms with Crippen molar-refractivity contribution < 1.29 is 0 Å². The number of alkyl halides is 1. The number of nitrogens with zero attached hydrogens (tertiary/aromatic N) is 4. The molecule has 0 fully saturated rings. The van der Waals surface area contributed by atoms with Gasteiger partial charge in [0.05, 0.1) is 11.3 Å². The van der Waals surface area contributed by atoms with E-state index in [-0.39, 0.29) is 0 Å². The Morgan fingerprint density at radius 1 is 1.33 bits per heavy atom. The highest BCUT2D eigenvalue weighted by molar-refractivity contribution is 6.17.